The third-order valence-corrected chi connectivity index (χ3v) is 3.38. The van der Waals surface area contributed by atoms with Crippen molar-refractivity contribution >= 4 is 17.7 Å². The molecule has 1 aromatic heterocycles. The number of imidazole rings is 1. The Morgan fingerprint density at radius 2 is 2.35 bits per heavy atom. The minimum Gasteiger partial charge on any atom is -0.491 e. The molecule has 0 radical (unpaired) electrons. The molecule has 1 aromatic carbocycles. The lowest BCUT2D eigenvalue weighted by Gasteiger charge is -2.09. The second kappa shape index (κ2) is 6.42. The first-order valence-corrected chi connectivity index (χ1v) is 6.91. The van der Waals surface area contributed by atoms with Gasteiger partial charge in [-0.3, -0.25) is 9.36 Å². The zero-order chi connectivity index (χ0) is 14.5. The number of hydrogen-bond donors (Lipinski definition) is 1. The van der Waals surface area contributed by atoms with Gasteiger partial charge in [-0.2, -0.15) is 0 Å². The van der Waals surface area contributed by atoms with Crippen LogP contribution in [-0.4, -0.2) is 33.0 Å². The number of carboxylic acids is 1. The smallest absolute Gasteiger partial charge is 0.313 e. The molecule has 0 bridgehead atoms. The van der Waals surface area contributed by atoms with Crippen LogP contribution < -0.4 is 4.74 Å². The summed E-state index contributed by atoms with van der Waals surface area (Å²) < 4.78 is 20.6. The number of aliphatic carboxylic acids is 1. The van der Waals surface area contributed by atoms with Crippen molar-refractivity contribution in [3.8, 4) is 11.4 Å². The Balaban J connectivity index is 2.25. The molecule has 2 rings (SSSR count). The molecule has 0 saturated heterocycles. The minimum absolute atomic E-state index is 0.101. The predicted octanol–water partition coefficient (Wildman–Crippen LogP) is 2.59. The van der Waals surface area contributed by atoms with E-state index in [1.54, 1.807) is 36.0 Å². The monoisotopic (exact) mass is 296 g/mol. The van der Waals surface area contributed by atoms with Crippen molar-refractivity contribution in [2.24, 2.45) is 0 Å². The number of halogens is 1. The maximum atomic E-state index is 13.8. The van der Waals surface area contributed by atoms with Gasteiger partial charge in [-0.25, -0.2) is 9.37 Å². The summed E-state index contributed by atoms with van der Waals surface area (Å²) >= 11 is 1.08. The van der Waals surface area contributed by atoms with Gasteiger partial charge < -0.3 is 9.84 Å². The van der Waals surface area contributed by atoms with E-state index in [0.717, 1.165) is 11.8 Å². The molecule has 0 fully saturated rings. The van der Waals surface area contributed by atoms with Gasteiger partial charge in [0.15, 0.2) is 16.7 Å². The van der Waals surface area contributed by atoms with Crippen LogP contribution in [0, 0.1) is 5.82 Å². The van der Waals surface area contributed by atoms with E-state index in [1.807, 2.05) is 0 Å². The molecule has 0 aliphatic heterocycles. The van der Waals surface area contributed by atoms with Crippen molar-refractivity contribution in [2.75, 3.05) is 12.4 Å². The molecular formula is C13H13FN2O3S. The van der Waals surface area contributed by atoms with Crippen LogP contribution in [0.2, 0.25) is 0 Å². The van der Waals surface area contributed by atoms with Crippen molar-refractivity contribution in [3.63, 3.8) is 0 Å². The molecule has 1 heterocycles. The number of rotatable bonds is 6. The summed E-state index contributed by atoms with van der Waals surface area (Å²) in [4.78, 5) is 14.6. The number of hydrogen-bond acceptors (Lipinski definition) is 4. The first-order chi connectivity index (χ1) is 9.61. The van der Waals surface area contributed by atoms with Gasteiger partial charge in [-0.15, -0.1) is 0 Å². The highest BCUT2D eigenvalue weighted by Crippen LogP contribution is 2.24. The van der Waals surface area contributed by atoms with Crippen molar-refractivity contribution in [2.45, 2.75) is 12.1 Å². The second-order valence-corrected chi connectivity index (χ2v) is 4.75. The summed E-state index contributed by atoms with van der Waals surface area (Å²) in [5.74, 6) is -1.30. The molecule has 0 aliphatic carbocycles. The predicted molar refractivity (Wildman–Crippen MR) is 73.1 cm³/mol. The summed E-state index contributed by atoms with van der Waals surface area (Å²) in [5, 5.41) is 9.18. The number of aromatic nitrogens is 2. The molecular weight excluding hydrogens is 283 g/mol. The van der Waals surface area contributed by atoms with Gasteiger partial charge in [-0.1, -0.05) is 11.8 Å². The highest BCUT2D eigenvalue weighted by molar-refractivity contribution is 7.99. The topological polar surface area (TPSA) is 64.4 Å². The normalized spacial score (nSPS) is 10.5. The van der Waals surface area contributed by atoms with Crippen LogP contribution in [0.4, 0.5) is 4.39 Å². The van der Waals surface area contributed by atoms with Crippen LogP contribution in [0.1, 0.15) is 6.92 Å². The van der Waals surface area contributed by atoms with Crippen LogP contribution in [0.25, 0.3) is 5.69 Å². The largest absolute Gasteiger partial charge is 0.491 e. The van der Waals surface area contributed by atoms with Crippen molar-refractivity contribution < 1.29 is 19.0 Å². The first kappa shape index (κ1) is 14.4. The zero-order valence-corrected chi connectivity index (χ0v) is 11.6. The van der Waals surface area contributed by atoms with Crippen molar-refractivity contribution in [1.29, 1.82) is 0 Å². The minimum atomic E-state index is -0.928. The van der Waals surface area contributed by atoms with Crippen LogP contribution in [0.5, 0.6) is 5.75 Å². The van der Waals surface area contributed by atoms with E-state index in [4.69, 9.17) is 9.84 Å². The van der Waals surface area contributed by atoms with Gasteiger partial charge in [0.2, 0.25) is 0 Å². The number of carbonyl (C=O) groups is 1. The second-order valence-electron chi connectivity index (χ2n) is 3.81. The van der Waals surface area contributed by atoms with Crippen LogP contribution >= 0.6 is 11.8 Å². The average Bonchev–Trinajstić information content (AvgIpc) is 2.87. The van der Waals surface area contributed by atoms with Crippen LogP contribution in [0.15, 0.2) is 35.7 Å². The quantitative estimate of drug-likeness (QED) is 0.830. The van der Waals surface area contributed by atoms with Crippen molar-refractivity contribution in [3.05, 3.63) is 36.4 Å². The van der Waals surface area contributed by atoms with Gasteiger partial charge in [0, 0.05) is 18.5 Å². The molecule has 1 N–H and O–H groups in total. The van der Waals surface area contributed by atoms with E-state index in [2.05, 4.69) is 4.98 Å². The van der Waals surface area contributed by atoms with Gasteiger partial charge >= 0.3 is 5.97 Å². The van der Waals surface area contributed by atoms with Gasteiger partial charge in [0.25, 0.3) is 0 Å². The molecule has 2 aromatic rings. The lowest BCUT2D eigenvalue weighted by molar-refractivity contribution is -0.133. The number of carboxylic acid groups (broad SMARTS) is 1. The number of nitrogens with zero attached hydrogens (tertiary/aromatic N) is 2. The van der Waals surface area contributed by atoms with Crippen LogP contribution in [-0.2, 0) is 4.79 Å². The lowest BCUT2D eigenvalue weighted by atomic mass is 10.3. The lowest BCUT2D eigenvalue weighted by Crippen LogP contribution is -2.02. The van der Waals surface area contributed by atoms with E-state index >= 15 is 0 Å². The van der Waals surface area contributed by atoms with E-state index in [0.29, 0.717) is 17.5 Å². The van der Waals surface area contributed by atoms with Crippen LogP contribution in [0.3, 0.4) is 0 Å². The van der Waals surface area contributed by atoms with E-state index < -0.39 is 11.8 Å². The maximum Gasteiger partial charge on any atom is 0.313 e. The highest BCUT2D eigenvalue weighted by Gasteiger charge is 2.10. The van der Waals surface area contributed by atoms with Gasteiger partial charge in [-0.05, 0) is 19.1 Å². The van der Waals surface area contributed by atoms with Gasteiger partial charge in [0.05, 0.1) is 18.0 Å². The Morgan fingerprint density at radius 3 is 3.00 bits per heavy atom. The Labute approximate surface area is 119 Å². The maximum absolute atomic E-state index is 13.8. The molecule has 0 atom stereocenters. The van der Waals surface area contributed by atoms with E-state index in [-0.39, 0.29) is 11.5 Å². The van der Waals surface area contributed by atoms with E-state index in [1.165, 1.54) is 6.07 Å². The molecule has 0 spiro atoms. The molecule has 5 nitrogen and oxygen atoms in total. The average molecular weight is 296 g/mol. The molecule has 106 valence electrons. The summed E-state index contributed by atoms with van der Waals surface area (Å²) in [6, 6.07) is 4.57. The summed E-state index contributed by atoms with van der Waals surface area (Å²) in [7, 11) is 0. The molecule has 20 heavy (non-hydrogen) atoms. The molecule has 0 saturated carbocycles. The Morgan fingerprint density at radius 1 is 1.55 bits per heavy atom. The molecule has 0 amide bonds. The van der Waals surface area contributed by atoms with E-state index in [9.17, 15) is 9.18 Å². The highest BCUT2D eigenvalue weighted by atomic mass is 32.2. The summed E-state index contributed by atoms with van der Waals surface area (Å²) in [6.07, 6.45) is 3.19. The molecule has 0 unspecified atom stereocenters. The third-order valence-electron chi connectivity index (χ3n) is 2.43. The standard InChI is InChI=1S/C13H13FN2O3S/c1-2-19-11-4-3-9(7-10(11)14)16-6-5-15-13(16)20-8-12(17)18/h3-7H,2,8H2,1H3,(H,17,18). The number of thioether (sulfide) groups is 1. The fraction of sp³-hybridized carbons (Fsp3) is 0.231. The SMILES string of the molecule is CCOc1ccc(-n2ccnc2SCC(=O)O)cc1F. The Kier molecular flexibility index (Phi) is 4.62. The first-order valence-electron chi connectivity index (χ1n) is 5.92. The van der Waals surface area contributed by atoms with Gasteiger partial charge in [0.1, 0.15) is 0 Å². The Bertz CT molecular complexity index is 615. The molecule has 7 heteroatoms. The summed E-state index contributed by atoms with van der Waals surface area (Å²) in [6.45, 7) is 2.17. The number of ether oxygens (including phenoxy) is 1. The summed E-state index contributed by atoms with van der Waals surface area (Å²) in [5.41, 5.74) is 0.566. The fourth-order valence-corrected chi connectivity index (χ4v) is 2.32. The third kappa shape index (κ3) is 3.30. The Hall–Kier alpha value is -2.02. The van der Waals surface area contributed by atoms with Crippen molar-refractivity contribution in [1.82, 2.24) is 9.55 Å². The number of benzene rings is 1. The molecule has 0 aliphatic rings. The fourth-order valence-electron chi connectivity index (χ4n) is 1.63. The zero-order valence-electron chi connectivity index (χ0n) is 10.7.